The molecule has 0 saturated carbocycles. The molecule has 5 heteroatoms. The maximum atomic E-state index is 11.8. The summed E-state index contributed by atoms with van der Waals surface area (Å²) in [6.45, 7) is 5.67. The minimum Gasteiger partial charge on any atom is -0.464 e. The van der Waals surface area contributed by atoms with Crippen LogP contribution in [-0.4, -0.2) is 24.5 Å². The SMILES string of the molecule is CCOC(=O)C(N)C(=O)NC(C)c1ccccc1C. The van der Waals surface area contributed by atoms with E-state index in [0.717, 1.165) is 11.1 Å². The molecule has 104 valence electrons. The topological polar surface area (TPSA) is 81.4 Å². The number of amides is 1. The van der Waals surface area contributed by atoms with E-state index in [1.165, 1.54) is 0 Å². The second-order valence-electron chi connectivity index (χ2n) is 4.32. The standard InChI is InChI=1S/C14H20N2O3/c1-4-19-14(18)12(15)13(17)16-10(3)11-8-6-5-7-9(11)2/h5-8,10,12H,4,15H2,1-3H3,(H,16,17). The lowest BCUT2D eigenvalue weighted by molar-refractivity contribution is -0.148. The van der Waals surface area contributed by atoms with Crippen molar-refractivity contribution in [3.63, 3.8) is 0 Å². The third-order valence-electron chi connectivity index (χ3n) is 2.84. The largest absolute Gasteiger partial charge is 0.464 e. The molecule has 2 atom stereocenters. The normalized spacial score (nSPS) is 13.5. The van der Waals surface area contributed by atoms with Crippen LogP contribution in [0, 0.1) is 6.92 Å². The smallest absolute Gasteiger partial charge is 0.332 e. The van der Waals surface area contributed by atoms with Crippen molar-refractivity contribution < 1.29 is 14.3 Å². The number of ether oxygens (including phenoxy) is 1. The Morgan fingerprint density at radius 2 is 2.00 bits per heavy atom. The Kier molecular flexibility index (Phi) is 5.51. The average molecular weight is 264 g/mol. The first kappa shape index (κ1) is 15.2. The van der Waals surface area contributed by atoms with Crippen LogP contribution < -0.4 is 11.1 Å². The molecule has 0 radical (unpaired) electrons. The number of carbonyl (C=O) groups excluding carboxylic acids is 2. The molecule has 2 unspecified atom stereocenters. The third kappa shape index (κ3) is 4.06. The highest BCUT2D eigenvalue weighted by Crippen LogP contribution is 2.16. The Labute approximate surface area is 113 Å². The zero-order chi connectivity index (χ0) is 14.4. The summed E-state index contributed by atoms with van der Waals surface area (Å²) in [5.41, 5.74) is 7.59. The van der Waals surface area contributed by atoms with E-state index in [4.69, 9.17) is 10.5 Å². The summed E-state index contributed by atoms with van der Waals surface area (Å²) in [6, 6.07) is 6.22. The molecule has 0 fully saturated rings. The molecular weight excluding hydrogens is 244 g/mol. The van der Waals surface area contributed by atoms with Gasteiger partial charge in [-0.05, 0) is 31.9 Å². The predicted octanol–water partition coefficient (Wildman–Crippen LogP) is 1.06. The summed E-state index contributed by atoms with van der Waals surface area (Å²) in [4.78, 5) is 23.2. The summed E-state index contributed by atoms with van der Waals surface area (Å²) in [5.74, 6) is -1.24. The molecule has 0 saturated heterocycles. The van der Waals surface area contributed by atoms with E-state index in [1.807, 2.05) is 38.1 Å². The molecule has 0 aromatic heterocycles. The molecule has 19 heavy (non-hydrogen) atoms. The van der Waals surface area contributed by atoms with Crippen molar-refractivity contribution in [1.82, 2.24) is 5.32 Å². The van der Waals surface area contributed by atoms with Crippen molar-refractivity contribution in [3.05, 3.63) is 35.4 Å². The maximum Gasteiger partial charge on any atom is 0.332 e. The quantitative estimate of drug-likeness (QED) is 0.615. The summed E-state index contributed by atoms with van der Waals surface area (Å²) in [7, 11) is 0. The van der Waals surface area contributed by atoms with Crippen molar-refractivity contribution in [2.45, 2.75) is 32.9 Å². The maximum absolute atomic E-state index is 11.8. The molecule has 1 aromatic rings. The zero-order valence-corrected chi connectivity index (χ0v) is 11.5. The van der Waals surface area contributed by atoms with Crippen LogP contribution in [-0.2, 0) is 14.3 Å². The third-order valence-corrected chi connectivity index (χ3v) is 2.84. The molecule has 3 N–H and O–H groups in total. The van der Waals surface area contributed by atoms with Crippen molar-refractivity contribution >= 4 is 11.9 Å². The van der Waals surface area contributed by atoms with Gasteiger partial charge < -0.3 is 15.8 Å². The summed E-state index contributed by atoms with van der Waals surface area (Å²) >= 11 is 0. The van der Waals surface area contributed by atoms with Gasteiger partial charge in [-0.2, -0.15) is 0 Å². The lowest BCUT2D eigenvalue weighted by Gasteiger charge is -2.18. The first-order chi connectivity index (χ1) is 8.97. The molecule has 0 aliphatic heterocycles. The van der Waals surface area contributed by atoms with E-state index in [1.54, 1.807) is 6.92 Å². The molecule has 1 aromatic carbocycles. The average Bonchev–Trinajstić information content (AvgIpc) is 2.38. The van der Waals surface area contributed by atoms with Gasteiger partial charge in [0.1, 0.15) is 0 Å². The molecule has 0 bridgehead atoms. The van der Waals surface area contributed by atoms with Gasteiger partial charge in [0.2, 0.25) is 5.91 Å². The van der Waals surface area contributed by atoms with Crippen molar-refractivity contribution in [1.29, 1.82) is 0 Å². The van der Waals surface area contributed by atoms with Crippen molar-refractivity contribution in [3.8, 4) is 0 Å². The fourth-order valence-electron chi connectivity index (χ4n) is 1.79. The van der Waals surface area contributed by atoms with Gasteiger partial charge in [0.25, 0.3) is 0 Å². The molecule has 5 nitrogen and oxygen atoms in total. The van der Waals surface area contributed by atoms with E-state index in [-0.39, 0.29) is 12.6 Å². The van der Waals surface area contributed by atoms with Crippen LogP contribution >= 0.6 is 0 Å². The van der Waals surface area contributed by atoms with E-state index in [0.29, 0.717) is 0 Å². The predicted molar refractivity (Wildman–Crippen MR) is 72.3 cm³/mol. The molecular formula is C14H20N2O3. The molecule has 0 aliphatic rings. The van der Waals surface area contributed by atoms with E-state index in [2.05, 4.69) is 5.32 Å². The van der Waals surface area contributed by atoms with Crippen LogP contribution in [0.3, 0.4) is 0 Å². The van der Waals surface area contributed by atoms with E-state index in [9.17, 15) is 9.59 Å². The first-order valence-corrected chi connectivity index (χ1v) is 6.25. The van der Waals surface area contributed by atoms with Gasteiger partial charge >= 0.3 is 5.97 Å². The van der Waals surface area contributed by atoms with E-state index < -0.39 is 17.9 Å². The van der Waals surface area contributed by atoms with Crippen LogP contribution in [0.25, 0.3) is 0 Å². The Morgan fingerprint density at radius 3 is 2.58 bits per heavy atom. The minimum absolute atomic E-state index is 0.202. The van der Waals surface area contributed by atoms with Gasteiger partial charge in [0.15, 0.2) is 6.04 Å². The lowest BCUT2D eigenvalue weighted by atomic mass is 10.0. The van der Waals surface area contributed by atoms with Crippen LogP contribution in [0.2, 0.25) is 0 Å². The monoisotopic (exact) mass is 264 g/mol. The number of nitrogens with one attached hydrogen (secondary N) is 1. The Bertz CT molecular complexity index is 460. The van der Waals surface area contributed by atoms with Gasteiger partial charge in [0.05, 0.1) is 12.6 Å². The van der Waals surface area contributed by atoms with Crippen LogP contribution in [0.5, 0.6) is 0 Å². The van der Waals surface area contributed by atoms with Gasteiger partial charge in [-0.25, -0.2) is 4.79 Å². The zero-order valence-electron chi connectivity index (χ0n) is 11.5. The fraction of sp³-hybridized carbons (Fsp3) is 0.429. The van der Waals surface area contributed by atoms with Gasteiger partial charge in [-0.3, -0.25) is 4.79 Å². The molecule has 1 rings (SSSR count). The Morgan fingerprint density at radius 1 is 1.37 bits per heavy atom. The lowest BCUT2D eigenvalue weighted by Crippen LogP contribution is -2.47. The van der Waals surface area contributed by atoms with Gasteiger partial charge in [0, 0.05) is 0 Å². The highest BCUT2D eigenvalue weighted by atomic mass is 16.5. The molecule has 1 amide bonds. The van der Waals surface area contributed by atoms with Crippen molar-refractivity contribution in [2.24, 2.45) is 5.73 Å². The number of hydrogen-bond acceptors (Lipinski definition) is 4. The number of nitrogens with two attached hydrogens (primary N) is 1. The fourth-order valence-corrected chi connectivity index (χ4v) is 1.79. The number of benzene rings is 1. The highest BCUT2D eigenvalue weighted by molar-refractivity contribution is 6.01. The number of hydrogen-bond donors (Lipinski definition) is 2. The summed E-state index contributed by atoms with van der Waals surface area (Å²) < 4.78 is 4.71. The van der Waals surface area contributed by atoms with Crippen LogP contribution in [0.15, 0.2) is 24.3 Å². The van der Waals surface area contributed by atoms with Crippen LogP contribution in [0.4, 0.5) is 0 Å². The van der Waals surface area contributed by atoms with Gasteiger partial charge in [-0.15, -0.1) is 0 Å². The summed E-state index contributed by atoms with van der Waals surface area (Å²) in [5, 5.41) is 2.71. The molecule has 0 spiro atoms. The van der Waals surface area contributed by atoms with Gasteiger partial charge in [-0.1, -0.05) is 24.3 Å². The Hall–Kier alpha value is -1.88. The first-order valence-electron chi connectivity index (χ1n) is 6.25. The molecule has 0 heterocycles. The Balaban J connectivity index is 2.67. The van der Waals surface area contributed by atoms with Crippen LogP contribution in [0.1, 0.15) is 31.0 Å². The second kappa shape index (κ2) is 6.89. The van der Waals surface area contributed by atoms with E-state index >= 15 is 0 Å². The molecule has 0 aliphatic carbocycles. The second-order valence-corrected chi connectivity index (χ2v) is 4.32. The highest BCUT2D eigenvalue weighted by Gasteiger charge is 2.25. The summed E-state index contributed by atoms with van der Waals surface area (Å²) in [6.07, 6.45) is 0. The minimum atomic E-state index is -1.29. The number of esters is 1. The number of carbonyl (C=O) groups is 2. The van der Waals surface area contributed by atoms with Crippen molar-refractivity contribution in [2.75, 3.05) is 6.61 Å². The number of aryl methyl sites for hydroxylation is 1. The number of rotatable bonds is 5.